The summed E-state index contributed by atoms with van der Waals surface area (Å²) in [6.45, 7) is 3.79. The quantitative estimate of drug-likeness (QED) is 0.550. The van der Waals surface area contributed by atoms with Gasteiger partial charge in [0.15, 0.2) is 5.11 Å². The van der Waals surface area contributed by atoms with Crippen LogP contribution in [0.1, 0.15) is 30.9 Å². The summed E-state index contributed by atoms with van der Waals surface area (Å²) >= 11 is 5.66. The normalized spacial score (nSPS) is 15.9. The number of ether oxygens (including phenoxy) is 1. The van der Waals surface area contributed by atoms with Crippen LogP contribution in [0.3, 0.4) is 0 Å². The highest BCUT2D eigenvalue weighted by atomic mass is 32.1. The Kier molecular flexibility index (Phi) is 6.63. The van der Waals surface area contributed by atoms with Crippen LogP contribution in [0.15, 0.2) is 53.3 Å². The lowest BCUT2D eigenvalue weighted by Gasteiger charge is -2.28. The van der Waals surface area contributed by atoms with Crippen molar-refractivity contribution in [1.82, 2.24) is 9.88 Å². The van der Waals surface area contributed by atoms with E-state index in [0.29, 0.717) is 29.5 Å². The predicted molar refractivity (Wildman–Crippen MR) is 126 cm³/mol. The maximum absolute atomic E-state index is 13.2. The molecular formula is C24H26FN3O2S. The number of anilines is 1. The van der Waals surface area contributed by atoms with Gasteiger partial charge in [0, 0.05) is 29.9 Å². The molecule has 0 saturated carbocycles. The molecule has 1 saturated heterocycles. The Hall–Kier alpha value is -2.77. The lowest BCUT2D eigenvalue weighted by Crippen LogP contribution is -2.40. The van der Waals surface area contributed by atoms with E-state index >= 15 is 0 Å². The highest BCUT2D eigenvalue weighted by Crippen LogP contribution is 2.19. The summed E-state index contributed by atoms with van der Waals surface area (Å²) in [4.78, 5) is 17.7. The van der Waals surface area contributed by atoms with Crippen LogP contribution in [-0.2, 0) is 17.7 Å². The van der Waals surface area contributed by atoms with Crippen molar-refractivity contribution in [2.75, 3.05) is 18.5 Å². The molecule has 5 nitrogen and oxygen atoms in total. The minimum absolute atomic E-state index is 0.0687. The number of benzene rings is 2. The zero-order chi connectivity index (χ0) is 21.8. The first-order chi connectivity index (χ1) is 15.0. The van der Waals surface area contributed by atoms with Crippen molar-refractivity contribution < 1.29 is 9.13 Å². The van der Waals surface area contributed by atoms with Gasteiger partial charge in [0.25, 0.3) is 5.56 Å². The summed E-state index contributed by atoms with van der Waals surface area (Å²) in [6.07, 6.45) is 2.98. The fourth-order valence-electron chi connectivity index (χ4n) is 3.83. The molecule has 2 N–H and O–H groups in total. The van der Waals surface area contributed by atoms with Gasteiger partial charge < -0.3 is 19.9 Å². The van der Waals surface area contributed by atoms with E-state index in [1.807, 2.05) is 23.1 Å². The van der Waals surface area contributed by atoms with E-state index in [-0.39, 0.29) is 17.5 Å². The number of hydrogen-bond donors (Lipinski definition) is 2. The summed E-state index contributed by atoms with van der Waals surface area (Å²) in [5.74, 6) is -0.304. The first-order valence-corrected chi connectivity index (χ1v) is 11.0. The molecule has 7 heteroatoms. The smallest absolute Gasteiger partial charge is 0.253 e. The van der Waals surface area contributed by atoms with Crippen molar-refractivity contribution in [2.24, 2.45) is 0 Å². The number of aryl methyl sites for hydroxylation is 1. The molecule has 2 aromatic carbocycles. The van der Waals surface area contributed by atoms with Gasteiger partial charge in [0.05, 0.1) is 12.6 Å². The zero-order valence-corrected chi connectivity index (χ0v) is 18.3. The average Bonchev–Trinajstić information content (AvgIpc) is 3.28. The summed E-state index contributed by atoms with van der Waals surface area (Å²) in [5, 5.41) is 4.64. The molecule has 3 aromatic rings. The molecule has 0 spiro atoms. The monoisotopic (exact) mass is 439 g/mol. The molecular weight excluding hydrogens is 413 g/mol. The Morgan fingerprint density at radius 3 is 2.77 bits per heavy atom. The number of H-pyrrole nitrogens is 1. The minimum Gasteiger partial charge on any atom is -0.376 e. The van der Waals surface area contributed by atoms with Crippen LogP contribution in [0.4, 0.5) is 10.1 Å². The second-order valence-electron chi connectivity index (χ2n) is 7.85. The summed E-state index contributed by atoms with van der Waals surface area (Å²) in [7, 11) is 0. The van der Waals surface area contributed by atoms with E-state index in [1.54, 1.807) is 12.1 Å². The number of nitrogens with one attached hydrogen (secondary N) is 2. The van der Waals surface area contributed by atoms with Gasteiger partial charge >= 0.3 is 0 Å². The number of halogens is 1. The Morgan fingerprint density at radius 1 is 1.26 bits per heavy atom. The van der Waals surface area contributed by atoms with Crippen LogP contribution in [0.5, 0.6) is 0 Å². The minimum atomic E-state index is -0.304. The third-order valence-electron chi connectivity index (χ3n) is 5.59. The van der Waals surface area contributed by atoms with Crippen molar-refractivity contribution in [1.29, 1.82) is 0 Å². The Labute approximate surface area is 186 Å². The van der Waals surface area contributed by atoms with Gasteiger partial charge in [0.1, 0.15) is 5.82 Å². The Morgan fingerprint density at radius 2 is 2.06 bits per heavy atom. The van der Waals surface area contributed by atoms with Crippen molar-refractivity contribution in [2.45, 2.75) is 38.8 Å². The van der Waals surface area contributed by atoms with Crippen molar-refractivity contribution in [3.05, 3.63) is 75.8 Å². The average molecular weight is 440 g/mol. The Bertz CT molecular complexity index is 1120. The van der Waals surface area contributed by atoms with Gasteiger partial charge in [-0.15, -0.1) is 0 Å². The molecule has 1 atom stereocenters. The molecule has 0 radical (unpaired) electrons. The van der Waals surface area contributed by atoms with Gasteiger partial charge in [-0.3, -0.25) is 4.79 Å². The maximum Gasteiger partial charge on any atom is 0.253 e. The highest BCUT2D eigenvalue weighted by molar-refractivity contribution is 7.80. The second kappa shape index (κ2) is 9.58. The van der Waals surface area contributed by atoms with Crippen LogP contribution < -0.4 is 10.9 Å². The van der Waals surface area contributed by atoms with E-state index in [4.69, 9.17) is 17.0 Å². The molecule has 1 aliphatic rings. The van der Waals surface area contributed by atoms with Crippen molar-refractivity contribution >= 4 is 33.9 Å². The van der Waals surface area contributed by atoms with Gasteiger partial charge in [-0.05, 0) is 84.9 Å². The number of nitrogens with zero attached hydrogens (tertiary/aromatic N) is 1. The number of hydrogen-bond acceptors (Lipinski definition) is 3. The molecule has 0 unspecified atom stereocenters. The van der Waals surface area contributed by atoms with Crippen LogP contribution >= 0.6 is 12.2 Å². The molecule has 1 aromatic heterocycles. The molecule has 0 bridgehead atoms. The zero-order valence-electron chi connectivity index (χ0n) is 17.5. The summed E-state index contributed by atoms with van der Waals surface area (Å²) in [6, 6.07) is 14.1. The van der Waals surface area contributed by atoms with Gasteiger partial charge in [-0.1, -0.05) is 13.0 Å². The molecule has 1 fully saturated rings. The number of thiocarbonyl (C=S) groups is 1. The van der Waals surface area contributed by atoms with E-state index in [9.17, 15) is 9.18 Å². The number of rotatable bonds is 6. The van der Waals surface area contributed by atoms with Crippen molar-refractivity contribution in [3.63, 3.8) is 0 Å². The molecule has 0 aliphatic carbocycles. The van der Waals surface area contributed by atoms with E-state index in [0.717, 1.165) is 36.8 Å². The standard InChI is InChI=1S/C24H26FN3O2S/c1-2-16-5-10-22-17(12-16)13-18(23(29)27-22)14-28(15-21-4-3-11-30-21)24(31)26-20-8-6-19(25)7-9-20/h5-10,12-13,21H,2-4,11,14-15H2,1H3,(H,26,31)(H,27,29)/t21-/m0/s1. The van der Waals surface area contributed by atoms with E-state index in [1.165, 1.54) is 17.7 Å². The van der Waals surface area contributed by atoms with E-state index < -0.39 is 0 Å². The largest absolute Gasteiger partial charge is 0.376 e. The van der Waals surface area contributed by atoms with Gasteiger partial charge in [0.2, 0.25) is 0 Å². The predicted octanol–water partition coefficient (Wildman–Crippen LogP) is 4.61. The molecule has 162 valence electrons. The lowest BCUT2D eigenvalue weighted by atomic mass is 10.1. The number of fused-ring (bicyclic) bond motifs is 1. The third-order valence-corrected chi connectivity index (χ3v) is 5.95. The highest BCUT2D eigenvalue weighted by Gasteiger charge is 2.22. The Balaban J connectivity index is 1.60. The second-order valence-corrected chi connectivity index (χ2v) is 8.24. The molecule has 1 aliphatic heterocycles. The van der Waals surface area contributed by atoms with Crippen LogP contribution in [-0.4, -0.2) is 34.3 Å². The van der Waals surface area contributed by atoms with E-state index in [2.05, 4.69) is 23.3 Å². The van der Waals surface area contributed by atoms with Crippen LogP contribution in [0.2, 0.25) is 0 Å². The number of aromatic amines is 1. The van der Waals surface area contributed by atoms with Gasteiger partial charge in [-0.2, -0.15) is 0 Å². The van der Waals surface area contributed by atoms with Crippen molar-refractivity contribution in [3.8, 4) is 0 Å². The number of aromatic nitrogens is 1. The number of pyridine rings is 1. The summed E-state index contributed by atoms with van der Waals surface area (Å²) in [5.41, 5.74) is 3.25. The third kappa shape index (κ3) is 5.29. The maximum atomic E-state index is 13.2. The molecule has 2 heterocycles. The lowest BCUT2D eigenvalue weighted by molar-refractivity contribution is 0.0904. The topological polar surface area (TPSA) is 57.4 Å². The fraction of sp³-hybridized carbons (Fsp3) is 0.333. The fourth-order valence-corrected chi connectivity index (χ4v) is 4.09. The van der Waals surface area contributed by atoms with Crippen LogP contribution in [0.25, 0.3) is 10.9 Å². The molecule has 31 heavy (non-hydrogen) atoms. The first-order valence-electron chi connectivity index (χ1n) is 10.6. The van der Waals surface area contributed by atoms with Gasteiger partial charge in [-0.25, -0.2) is 4.39 Å². The molecule has 0 amide bonds. The SMILES string of the molecule is CCc1ccc2[nH]c(=O)c(CN(C[C@@H]3CCCO3)C(=S)Nc3ccc(F)cc3)cc2c1. The molecule has 4 rings (SSSR count). The summed E-state index contributed by atoms with van der Waals surface area (Å²) < 4.78 is 19.0. The first kappa shape index (κ1) is 21.5. The van der Waals surface area contributed by atoms with Crippen LogP contribution in [0, 0.1) is 5.82 Å².